The molecular weight excluding hydrogens is 404 g/mol. The van der Waals surface area contributed by atoms with E-state index in [4.69, 9.17) is 12.2 Å². The number of imidazole rings is 1. The number of aryl methyl sites for hydroxylation is 1. The molecule has 2 aromatic rings. The molecule has 1 aliphatic heterocycles. The van der Waals surface area contributed by atoms with E-state index in [2.05, 4.69) is 10.3 Å². The van der Waals surface area contributed by atoms with Crippen LogP contribution in [0.4, 0.5) is 0 Å². The molecule has 0 bridgehead atoms. The van der Waals surface area contributed by atoms with Gasteiger partial charge in [-0.3, -0.25) is 14.5 Å². The lowest BCUT2D eigenvalue weighted by Gasteiger charge is -2.14. The number of carbonyl (C=O) groups is 2. The van der Waals surface area contributed by atoms with Crippen LogP contribution >= 0.6 is 24.0 Å². The number of benzene rings is 1. The summed E-state index contributed by atoms with van der Waals surface area (Å²) in [5.41, 5.74) is 1.06. The van der Waals surface area contributed by atoms with Crippen LogP contribution in [0.5, 0.6) is 0 Å². The van der Waals surface area contributed by atoms with Crippen molar-refractivity contribution in [3.63, 3.8) is 0 Å². The van der Waals surface area contributed by atoms with Crippen LogP contribution in [0.25, 0.3) is 6.08 Å². The van der Waals surface area contributed by atoms with Gasteiger partial charge in [0.2, 0.25) is 5.91 Å². The number of rotatable bonds is 9. The lowest BCUT2D eigenvalue weighted by molar-refractivity contribution is -0.123. The average molecular weight is 427 g/mol. The smallest absolute Gasteiger partial charge is 0.266 e. The van der Waals surface area contributed by atoms with E-state index in [9.17, 15) is 9.59 Å². The van der Waals surface area contributed by atoms with Crippen molar-refractivity contribution in [3.8, 4) is 0 Å². The highest BCUT2D eigenvalue weighted by atomic mass is 32.2. The summed E-state index contributed by atoms with van der Waals surface area (Å²) < 4.78 is 2.45. The molecule has 0 unspecified atom stereocenters. The van der Waals surface area contributed by atoms with Gasteiger partial charge in [0.25, 0.3) is 5.91 Å². The molecule has 1 aromatic heterocycles. The molecule has 8 heteroatoms. The fourth-order valence-corrected chi connectivity index (χ4v) is 3.99. The topological polar surface area (TPSA) is 67.2 Å². The Kier molecular flexibility index (Phi) is 7.77. The lowest BCUT2D eigenvalue weighted by atomic mass is 10.2. The number of nitrogens with zero attached hydrogens (tertiary/aromatic N) is 3. The molecule has 0 radical (unpaired) electrons. The Morgan fingerprint density at radius 3 is 2.83 bits per heavy atom. The molecule has 3 rings (SSSR count). The Hall–Kier alpha value is -2.71. The molecule has 0 atom stereocenters. The zero-order valence-electron chi connectivity index (χ0n) is 15.9. The summed E-state index contributed by atoms with van der Waals surface area (Å²) in [4.78, 5) is 30.6. The Labute approximate surface area is 179 Å². The van der Waals surface area contributed by atoms with Gasteiger partial charge in [0.15, 0.2) is 0 Å². The molecule has 0 saturated carbocycles. The van der Waals surface area contributed by atoms with Crippen LogP contribution in [0.1, 0.15) is 18.4 Å². The monoisotopic (exact) mass is 426 g/mol. The van der Waals surface area contributed by atoms with Gasteiger partial charge >= 0.3 is 0 Å². The maximum atomic E-state index is 12.5. The van der Waals surface area contributed by atoms with Crippen LogP contribution in [0, 0.1) is 0 Å². The van der Waals surface area contributed by atoms with E-state index in [-0.39, 0.29) is 24.8 Å². The molecule has 1 saturated heterocycles. The molecule has 1 fully saturated rings. The summed E-state index contributed by atoms with van der Waals surface area (Å²) in [6.45, 7) is 1.67. The van der Waals surface area contributed by atoms with E-state index >= 15 is 0 Å². The molecule has 1 aliphatic rings. The van der Waals surface area contributed by atoms with Gasteiger partial charge in [-0.2, -0.15) is 0 Å². The third-order valence-electron chi connectivity index (χ3n) is 4.25. The van der Waals surface area contributed by atoms with Gasteiger partial charge in [0.05, 0.1) is 11.2 Å². The van der Waals surface area contributed by atoms with Crippen molar-refractivity contribution < 1.29 is 9.59 Å². The molecule has 29 heavy (non-hydrogen) atoms. The van der Waals surface area contributed by atoms with E-state index in [0.29, 0.717) is 15.8 Å². The standard InChI is InChI=1S/C21H22N4O2S2/c26-19(23-11-5-13-24-15-12-22-16-24)10-14-25-20(27)18(29-21(25)28)9-4-8-17-6-2-1-3-7-17/h1-4,6-9,12,15-16H,5,10-11,13-14H2,(H,23,26)/b8-4+,18-9-. The number of nitrogens with one attached hydrogen (secondary N) is 1. The first-order valence-electron chi connectivity index (χ1n) is 9.33. The number of thiocarbonyl (C=S) groups is 1. The second-order valence-electron chi connectivity index (χ2n) is 6.38. The van der Waals surface area contributed by atoms with Gasteiger partial charge in [0.1, 0.15) is 4.32 Å². The predicted octanol–water partition coefficient (Wildman–Crippen LogP) is 3.24. The first-order valence-corrected chi connectivity index (χ1v) is 10.6. The molecule has 1 aromatic carbocycles. The van der Waals surface area contributed by atoms with Crippen molar-refractivity contribution in [2.75, 3.05) is 13.1 Å². The van der Waals surface area contributed by atoms with Crippen molar-refractivity contribution in [1.29, 1.82) is 0 Å². The van der Waals surface area contributed by atoms with Crippen LogP contribution in [-0.4, -0.2) is 43.7 Å². The van der Waals surface area contributed by atoms with Crippen molar-refractivity contribution >= 4 is 46.2 Å². The van der Waals surface area contributed by atoms with Crippen LogP contribution in [0.3, 0.4) is 0 Å². The minimum atomic E-state index is -0.148. The molecule has 0 spiro atoms. The van der Waals surface area contributed by atoms with Gasteiger partial charge in [-0.25, -0.2) is 4.98 Å². The van der Waals surface area contributed by atoms with Gasteiger partial charge in [0, 0.05) is 38.4 Å². The molecule has 0 aliphatic carbocycles. The van der Waals surface area contributed by atoms with Crippen molar-refractivity contribution in [2.24, 2.45) is 0 Å². The highest BCUT2D eigenvalue weighted by Gasteiger charge is 2.31. The number of allylic oxidation sites excluding steroid dienone is 2. The molecule has 2 heterocycles. The van der Waals surface area contributed by atoms with Gasteiger partial charge in [-0.15, -0.1) is 0 Å². The van der Waals surface area contributed by atoms with Gasteiger partial charge in [-0.05, 0) is 18.1 Å². The number of aromatic nitrogens is 2. The third-order valence-corrected chi connectivity index (χ3v) is 5.64. The van der Waals surface area contributed by atoms with Crippen LogP contribution in [-0.2, 0) is 16.1 Å². The molecule has 1 N–H and O–H groups in total. The minimum Gasteiger partial charge on any atom is -0.356 e. The summed E-state index contributed by atoms with van der Waals surface area (Å²) >= 11 is 6.57. The van der Waals surface area contributed by atoms with Crippen LogP contribution in [0.2, 0.25) is 0 Å². The second kappa shape index (κ2) is 10.7. The SMILES string of the molecule is O=C(CCN1C(=O)/C(=C/C=C/c2ccccc2)SC1=S)NCCCn1ccnc1. The first-order chi connectivity index (χ1) is 14.1. The molecule has 6 nitrogen and oxygen atoms in total. The summed E-state index contributed by atoms with van der Waals surface area (Å²) in [7, 11) is 0. The highest BCUT2D eigenvalue weighted by Crippen LogP contribution is 2.31. The normalized spacial score (nSPS) is 15.6. The number of thioether (sulfide) groups is 1. The van der Waals surface area contributed by atoms with Crippen LogP contribution in [0.15, 0.2) is 66.1 Å². The van der Waals surface area contributed by atoms with Crippen molar-refractivity contribution in [2.45, 2.75) is 19.4 Å². The number of hydrogen-bond donors (Lipinski definition) is 1. The average Bonchev–Trinajstić information content (AvgIpc) is 3.33. The van der Waals surface area contributed by atoms with E-state index < -0.39 is 0 Å². The first kappa shape index (κ1) is 21.0. The quantitative estimate of drug-likeness (QED) is 0.379. The van der Waals surface area contributed by atoms with E-state index in [0.717, 1.165) is 18.5 Å². The maximum absolute atomic E-state index is 12.5. The van der Waals surface area contributed by atoms with Gasteiger partial charge < -0.3 is 9.88 Å². The summed E-state index contributed by atoms with van der Waals surface area (Å²) in [6.07, 6.45) is 12.0. The number of carbonyl (C=O) groups excluding carboxylic acids is 2. The Morgan fingerprint density at radius 2 is 2.07 bits per heavy atom. The zero-order valence-corrected chi connectivity index (χ0v) is 17.5. The number of amides is 2. The third kappa shape index (κ3) is 6.40. The predicted molar refractivity (Wildman–Crippen MR) is 120 cm³/mol. The number of hydrogen-bond acceptors (Lipinski definition) is 5. The summed E-state index contributed by atoms with van der Waals surface area (Å²) in [5, 5.41) is 2.88. The maximum Gasteiger partial charge on any atom is 0.266 e. The largest absolute Gasteiger partial charge is 0.356 e. The fourth-order valence-electron chi connectivity index (χ4n) is 2.73. The Bertz CT molecular complexity index is 908. The summed E-state index contributed by atoms with van der Waals surface area (Å²) in [6, 6.07) is 9.86. The van der Waals surface area contributed by atoms with Crippen molar-refractivity contribution in [3.05, 3.63) is 71.7 Å². The molecule has 150 valence electrons. The lowest BCUT2D eigenvalue weighted by Crippen LogP contribution is -2.34. The van der Waals surface area contributed by atoms with Gasteiger partial charge in [-0.1, -0.05) is 66.5 Å². The Balaban J connectivity index is 1.41. The van der Waals surface area contributed by atoms with E-state index in [1.54, 1.807) is 18.6 Å². The molecular formula is C21H22N4O2S2. The highest BCUT2D eigenvalue weighted by molar-refractivity contribution is 8.26. The minimum absolute atomic E-state index is 0.0855. The summed E-state index contributed by atoms with van der Waals surface area (Å²) in [5.74, 6) is -0.233. The van der Waals surface area contributed by atoms with E-state index in [1.807, 2.05) is 53.2 Å². The molecule has 2 amide bonds. The Morgan fingerprint density at radius 1 is 1.24 bits per heavy atom. The van der Waals surface area contributed by atoms with E-state index in [1.165, 1.54) is 16.7 Å². The fraction of sp³-hybridized carbons (Fsp3) is 0.238. The zero-order chi connectivity index (χ0) is 20.5. The van der Waals surface area contributed by atoms with Crippen molar-refractivity contribution in [1.82, 2.24) is 19.8 Å². The van der Waals surface area contributed by atoms with Crippen LogP contribution < -0.4 is 5.32 Å². The second-order valence-corrected chi connectivity index (χ2v) is 8.06.